The molecule has 3 aromatic rings. The third-order valence-electron chi connectivity index (χ3n) is 4.32. The number of nitrogens with one attached hydrogen (secondary N) is 1. The van der Waals surface area contributed by atoms with Gasteiger partial charge >= 0.3 is 0 Å². The lowest BCUT2D eigenvalue weighted by molar-refractivity contribution is 0.102. The average Bonchev–Trinajstić information content (AvgIpc) is 3.04. The number of benzene rings is 2. The second-order valence-electron chi connectivity index (χ2n) is 6.74. The number of carbonyl (C=O) groups excluding carboxylic acids is 1. The van der Waals surface area contributed by atoms with Gasteiger partial charge in [0.05, 0.1) is 35.3 Å². The number of rotatable bonds is 7. The number of carbonyl (C=O) groups is 1. The molecule has 0 radical (unpaired) electrons. The lowest BCUT2D eigenvalue weighted by Crippen LogP contribution is -2.24. The number of hydrogen-bond donors (Lipinski definition) is 2. The minimum absolute atomic E-state index is 0.127. The second-order valence-corrected chi connectivity index (χ2v) is 7.14. The maximum Gasteiger partial charge on any atom is 0.258 e. The van der Waals surface area contributed by atoms with E-state index >= 15 is 0 Å². The average molecular weight is 433 g/mol. The van der Waals surface area contributed by atoms with Crippen molar-refractivity contribution in [2.24, 2.45) is 12.8 Å². The Labute approximate surface area is 178 Å². The highest BCUT2D eigenvalue weighted by Gasteiger charge is 2.21. The zero-order valence-electron chi connectivity index (χ0n) is 16.8. The molecule has 0 saturated heterocycles. The molecule has 3 N–H and O–H groups in total. The highest BCUT2D eigenvalue weighted by atomic mass is 35.5. The van der Waals surface area contributed by atoms with E-state index in [1.807, 2.05) is 0 Å². The molecular formula is C21H22ClFN4O3. The van der Waals surface area contributed by atoms with Gasteiger partial charge in [0.1, 0.15) is 18.2 Å². The van der Waals surface area contributed by atoms with Crippen LogP contribution in [0, 0.1) is 5.82 Å². The predicted octanol–water partition coefficient (Wildman–Crippen LogP) is 3.87. The van der Waals surface area contributed by atoms with Crippen LogP contribution in [0.15, 0.2) is 42.6 Å². The van der Waals surface area contributed by atoms with Crippen molar-refractivity contribution in [2.45, 2.75) is 13.0 Å². The summed E-state index contributed by atoms with van der Waals surface area (Å²) in [6.45, 7) is 2.00. The van der Waals surface area contributed by atoms with E-state index in [0.29, 0.717) is 33.5 Å². The summed E-state index contributed by atoms with van der Waals surface area (Å²) in [5.41, 5.74) is 7.30. The van der Waals surface area contributed by atoms with Crippen molar-refractivity contribution in [1.29, 1.82) is 0 Å². The van der Waals surface area contributed by atoms with Crippen LogP contribution in [0.1, 0.15) is 17.3 Å². The van der Waals surface area contributed by atoms with Crippen molar-refractivity contribution in [2.75, 3.05) is 19.0 Å². The van der Waals surface area contributed by atoms with Crippen molar-refractivity contribution in [1.82, 2.24) is 9.78 Å². The van der Waals surface area contributed by atoms with E-state index < -0.39 is 11.7 Å². The van der Waals surface area contributed by atoms with Gasteiger partial charge in [0.15, 0.2) is 5.75 Å². The first-order chi connectivity index (χ1) is 14.3. The Balaban J connectivity index is 2.01. The zero-order chi connectivity index (χ0) is 21.8. The van der Waals surface area contributed by atoms with E-state index in [9.17, 15) is 9.18 Å². The molecule has 2 aromatic carbocycles. The number of anilines is 1. The van der Waals surface area contributed by atoms with Crippen LogP contribution in [-0.2, 0) is 7.05 Å². The minimum atomic E-state index is -0.698. The number of halogens is 2. The summed E-state index contributed by atoms with van der Waals surface area (Å²) >= 11 is 6.31. The van der Waals surface area contributed by atoms with Gasteiger partial charge in [-0.25, -0.2) is 4.39 Å². The van der Waals surface area contributed by atoms with Crippen LogP contribution in [0.5, 0.6) is 11.5 Å². The van der Waals surface area contributed by atoms with Gasteiger partial charge in [-0.15, -0.1) is 0 Å². The van der Waals surface area contributed by atoms with Crippen LogP contribution < -0.4 is 20.5 Å². The molecule has 0 aliphatic rings. The molecule has 1 amide bonds. The Hall–Kier alpha value is -3.10. The monoisotopic (exact) mass is 432 g/mol. The van der Waals surface area contributed by atoms with Gasteiger partial charge in [0.25, 0.3) is 5.91 Å². The molecule has 0 aliphatic carbocycles. The topological polar surface area (TPSA) is 91.4 Å². The van der Waals surface area contributed by atoms with E-state index in [-0.39, 0.29) is 18.2 Å². The van der Waals surface area contributed by atoms with Gasteiger partial charge in [-0.1, -0.05) is 17.7 Å². The lowest BCUT2D eigenvalue weighted by atomic mass is 10.1. The number of hydrogen-bond acceptors (Lipinski definition) is 5. The largest absolute Gasteiger partial charge is 0.497 e. The third kappa shape index (κ3) is 4.55. The fourth-order valence-corrected chi connectivity index (χ4v) is 3.17. The number of nitrogens with zero attached hydrogens (tertiary/aromatic N) is 2. The molecule has 9 heteroatoms. The Morgan fingerprint density at radius 2 is 2.13 bits per heavy atom. The fourth-order valence-electron chi connectivity index (χ4n) is 2.90. The molecule has 0 saturated carbocycles. The highest BCUT2D eigenvalue weighted by molar-refractivity contribution is 6.33. The first kappa shape index (κ1) is 21.6. The Morgan fingerprint density at radius 1 is 1.37 bits per heavy atom. The maximum absolute atomic E-state index is 14.3. The van der Waals surface area contributed by atoms with Crippen LogP contribution in [0.3, 0.4) is 0 Å². The highest BCUT2D eigenvalue weighted by Crippen LogP contribution is 2.39. The van der Waals surface area contributed by atoms with E-state index in [1.54, 1.807) is 36.9 Å². The number of para-hydroxylation sites is 1. The third-order valence-corrected chi connectivity index (χ3v) is 4.60. The van der Waals surface area contributed by atoms with Gasteiger partial charge in [-0.2, -0.15) is 5.10 Å². The predicted molar refractivity (Wildman–Crippen MR) is 114 cm³/mol. The molecule has 0 bridgehead atoms. The van der Waals surface area contributed by atoms with Crippen LogP contribution in [0.4, 0.5) is 10.1 Å². The molecule has 1 aromatic heterocycles. The number of methoxy groups -OCH3 is 1. The Morgan fingerprint density at radius 3 is 2.73 bits per heavy atom. The normalized spacial score (nSPS) is 11.8. The van der Waals surface area contributed by atoms with Gasteiger partial charge in [0, 0.05) is 24.7 Å². The molecule has 7 nitrogen and oxygen atoms in total. The van der Waals surface area contributed by atoms with Crippen LogP contribution in [0.2, 0.25) is 5.02 Å². The molecule has 0 fully saturated rings. The van der Waals surface area contributed by atoms with E-state index in [2.05, 4.69) is 10.4 Å². The Bertz CT molecular complexity index is 1050. The summed E-state index contributed by atoms with van der Waals surface area (Å²) in [5.74, 6) is -0.648. The second kappa shape index (κ2) is 9.15. The summed E-state index contributed by atoms with van der Waals surface area (Å²) in [7, 11) is 3.17. The standard InChI is InChI=1S/C21H22ClFN4O3/c1-12(24)11-30-20-15(19-16(22)10-25-27(19)2)5-4-6-18(20)26-21(28)14-8-7-13(29-3)9-17(14)23/h4-10,12H,11,24H2,1-3H3,(H,26,28). The molecule has 30 heavy (non-hydrogen) atoms. The minimum Gasteiger partial charge on any atom is -0.497 e. The SMILES string of the molecule is COc1ccc(C(=O)Nc2cccc(-c3c(Cl)cnn3C)c2OCC(C)N)c(F)c1. The van der Waals surface area contributed by atoms with E-state index in [4.69, 9.17) is 26.8 Å². The molecule has 158 valence electrons. The maximum atomic E-state index is 14.3. The van der Waals surface area contributed by atoms with Crippen LogP contribution in [-0.4, -0.2) is 35.4 Å². The van der Waals surface area contributed by atoms with Crippen molar-refractivity contribution in [3.05, 3.63) is 59.0 Å². The smallest absolute Gasteiger partial charge is 0.258 e. The lowest BCUT2D eigenvalue weighted by Gasteiger charge is -2.18. The van der Waals surface area contributed by atoms with E-state index in [1.165, 1.54) is 25.4 Å². The van der Waals surface area contributed by atoms with Crippen molar-refractivity contribution in [3.8, 4) is 22.8 Å². The molecule has 1 atom stereocenters. The van der Waals surface area contributed by atoms with Crippen LogP contribution >= 0.6 is 11.6 Å². The number of aryl methyl sites for hydroxylation is 1. The first-order valence-corrected chi connectivity index (χ1v) is 9.53. The number of amides is 1. The summed E-state index contributed by atoms with van der Waals surface area (Å²) in [6, 6.07) is 8.95. The van der Waals surface area contributed by atoms with Crippen molar-refractivity contribution >= 4 is 23.2 Å². The van der Waals surface area contributed by atoms with Crippen LogP contribution in [0.25, 0.3) is 11.3 Å². The van der Waals surface area contributed by atoms with Gasteiger partial charge in [0.2, 0.25) is 0 Å². The van der Waals surface area contributed by atoms with E-state index in [0.717, 1.165) is 6.07 Å². The summed E-state index contributed by atoms with van der Waals surface area (Å²) in [6.07, 6.45) is 1.52. The van der Waals surface area contributed by atoms with Crippen molar-refractivity contribution in [3.63, 3.8) is 0 Å². The van der Waals surface area contributed by atoms with Gasteiger partial charge in [-0.3, -0.25) is 9.48 Å². The number of ether oxygens (including phenoxy) is 2. The number of nitrogens with two attached hydrogens (primary N) is 1. The molecule has 0 aliphatic heterocycles. The quantitative estimate of drug-likeness (QED) is 0.591. The number of aromatic nitrogens is 2. The molecule has 1 unspecified atom stereocenters. The molecule has 1 heterocycles. The molecular weight excluding hydrogens is 411 g/mol. The molecule has 3 rings (SSSR count). The van der Waals surface area contributed by atoms with Gasteiger partial charge in [-0.05, 0) is 31.2 Å². The summed E-state index contributed by atoms with van der Waals surface area (Å²) < 4.78 is 26.8. The summed E-state index contributed by atoms with van der Waals surface area (Å²) in [5, 5.41) is 7.29. The molecule has 0 spiro atoms. The van der Waals surface area contributed by atoms with Crippen molar-refractivity contribution < 1.29 is 18.7 Å². The first-order valence-electron chi connectivity index (χ1n) is 9.16. The van der Waals surface area contributed by atoms with Gasteiger partial charge < -0.3 is 20.5 Å². The zero-order valence-corrected chi connectivity index (χ0v) is 17.5. The summed E-state index contributed by atoms with van der Waals surface area (Å²) in [4.78, 5) is 12.7. The Kier molecular flexibility index (Phi) is 6.59. The fraction of sp³-hybridized carbons (Fsp3) is 0.238.